The SMILES string of the molecule is CCCOc1ccc(/C=C/C(=O)Nc2ccc(N3CCCCC3)cc2)cc1. The van der Waals surface area contributed by atoms with Gasteiger partial charge in [-0.25, -0.2) is 0 Å². The van der Waals surface area contributed by atoms with Gasteiger partial charge in [-0.05, 0) is 73.7 Å². The van der Waals surface area contributed by atoms with Crippen molar-refractivity contribution in [2.75, 3.05) is 29.9 Å². The molecule has 0 aromatic heterocycles. The molecule has 0 unspecified atom stereocenters. The molecule has 1 aliphatic heterocycles. The predicted molar refractivity (Wildman–Crippen MR) is 112 cm³/mol. The van der Waals surface area contributed by atoms with E-state index >= 15 is 0 Å². The van der Waals surface area contributed by atoms with Crippen molar-refractivity contribution in [2.24, 2.45) is 0 Å². The summed E-state index contributed by atoms with van der Waals surface area (Å²) in [5.74, 6) is 0.722. The first-order valence-corrected chi connectivity index (χ1v) is 9.81. The first-order chi connectivity index (χ1) is 13.2. The maximum absolute atomic E-state index is 12.1. The van der Waals surface area contributed by atoms with Crippen molar-refractivity contribution in [1.82, 2.24) is 0 Å². The fourth-order valence-corrected chi connectivity index (χ4v) is 3.16. The summed E-state index contributed by atoms with van der Waals surface area (Å²) >= 11 is 0. The minimum absolute atomic E-state index is 0.132. The highest BCUT2D eigenvalue weighted by atomic mass is 16.5. The van der Waals surface area contributed by atoms with Crippen LogP contribution in [-0.4, -0.2) is 25.6 Å². The van der Waals surface area contributed by atoms with Crippen LogP contribution >= 0.6 is 0 Å². The molecule has 0 atom stereocenters. The number of ether oxygens (including phenoxy) is 1. The zero-order valence-corrected chi connectivity index (χ0v) is 16.0. The lowest BCUT2D eigenvalue weighted by atomic mass is 10.1. The van der Waals surface area contributed by atoms with Crippen molar-refractivity contribution < 1.29 is 9.53 Å². The molecule has 2 aromatic rings. The highest BCUT2D eigenvalue weighted by molar-refractivity contribution is 6.02. The Morgan fingerprint density at radius 1 is 1.04 bits per heavy atom. The zero-order chi connectivity index (χ0) is 18.9. The Kier molecular flexibility index (Phi) is 6.91. The molecule has 0 spiro atoms. The Labute approximate surface area is 161 Å². The van der Waals surface area contributed by atoms with E-state index in [1.807, 2.05) is 36.4 Å². The molecule has 142 valence electrons. The Morgan fingerprint density at radius 2 is 1.74 bits per heavy atom. The lowest BCUT2D eigenvalue weighted by Crippen LogP contribution is -2.29. The van der Waals surface area contributed by atoms with Gasteiger partial charge in [0.1, 0.15) is 5.75 Å². The van der Waals surface area contributed by atoms with Crippen LogP contribution in [0.3, 0.4) is 0 Å². The summed E-state index contributed by atoms with van der Waals surface area (Å²) in [5.41, 5.74) is 3.01. The van der Waals surface area contributed by atoms with Crippen LogP contribution in [0, 0.1) is 0 Å². The third-order valence-electron chi connectivity index (χ3n) is 4.64. The van der Waals surface area contributed by atoms with E-state index < -0.39 is 0 Å². The Balaban J connectivity index is 1.51. The Bertz CT molecular complexity index is 745. The summed E-state index contributed by atoms with van der Waals surface area (Å²) in [6.45, 7) is 5.04. The Morgan fingerprint density at radius 3 is 2.41 bits per heavy atom. The second-order valence-electron chi connectivity index (χ2n) is 6.83. The van der Waals surface area contributed by atoms with Gasteiger partial charge in [0.25, 0.3) is 0 Å². The number of hydrogen-bond donors (Lipinski definition) is 1. The van der Waals surface area contributed by atoms with E-state index in [4.69, 9.17) is 4.74 Å². The normalized spacial score (nSPS) is 14.3. The van der Waals surface area contributed by atoms with E-state index in [-0.39, 0.29) is 5.91 Å². The molecule has 1 amide bonds. The second-order valence-corrected chi connectivity index (χ2v) is 6.83. The first kappa shape index (κ1) is 19.0. The number of nitrogens with one attached hydrogen (secondary N) is 1. The molecule has 1 aliphatic rings. The van der Waals surface area contributed by atoms with Crippen LogP contribution in [0.5, 0.6) is 5.75 Å². The molecule has 2 aromatic carbocycles. The number of rotatable bonds is 7. The van der Waals surface area contributed by atoms with Crippen LogP contribution in [0.1, 0.15) is 38.2 Å². The number of carbonyl (C=O) groups is 1. The van der Waals surface area contributed by atoms with Crippen LogP contribution in [0.15, 0.2) is 54.6 Å². The van der Waals surface area contributed by atoms with Crippen molar-refractivity contribution in [3.63, 3.8) is 0 Å². The van der Waals surface area contributed by atoms with E-state index in [9.17, 15) is 4.79 Å². The minimum atomic E-state index is -0.132. The molecular weight excluding hydrogens is 336 g/mol. The fourth-order valence-electron chi connectivity index (χ4n) is 3.16. The molecule has 1 heterocycles. The van der Waals surface area contributed by atoms with Gasteiger partial charge in [-0.1, -0.05) is 19.1 Å². The van der Waals surface area contributed by atoms with E-state index in [1.165, 1.54) is 24.9 Å². The van der Waals surface area contributed by atoms with Crippen LogP contribution < -0.4 is 15.0 Å². The molecule has 27 heavy (non-hydrogen) atoms. The highest BCUT2D eigenvalue weighted by Crippen LogP contribution is 2.22. The molecule has 4 heteroatoms. The quantitative estimate of drug-likeness (QED) is 0.694. The summed E-state index contributed by atoms with van der Waals surface area (Å²) < 4.78 is 5.56. The lowest BCUT2D eigenvalue weighted by molar-refractivity contribution is -0.111. The number of benzene rings is 2. The number of amides is 1. The monoisotopic (exact) mass is 364 g/mol. The summed E-state index contributed by atoms with van der Waals surface area (Å²) in [6, 6.07) is 15.8. The van der Waals surface area contributed by atoms with Crippen molar-refractivity contribution in [3.8, 4) is 5.75 Å². The van der Waals surface area contributed by atoms with Gasteiger partial charge >= 0.3 is 0 Å². The van der Waals surface area contributed by atoms with Gasteiger partial charge in [0.2, 0.25) is 5.91 Å². The second kappa shape index (κ2) is 9.81. The third kappa shape index (κ3) is 5.88. The number of carbonyl (C=O) groups excluding carboxylic acids is 1. The lowest BCUT2D eigenvalue weighted by Gasteiger charge is -2.28. The summed E-state index contributed by atoms with van der Waals surface area (Å²) in [7, 11) is 0. The molecule has 4 nitrogen and oxygen atoms in total. The standard InChI is InChI=1S/C23H28N2O2/c1-2-18-27-22-13-6-19(7-14-22)8-15-23(26)24-20-9-11-21(12-10-20)25-16-4-3-5-17-25/h6-15H,2-5,16-18H2,1H3,(H,24,26)/b15-8+. The first-order valence-electron chi connectivity index (χ1n) is 9.81. The van der Waals surface area contributed by atoms with Gasteiger partial charge in [0.05, 0.1) is 6.61 Å². The fraction of sp³-hybridized carbons (Fsp3) is 0.348. The van der Waals surface area contributed by atoms with E-state index in [0.717, 1.165) is 36.5 Å². The number of hydrogen-bond acceptors (Lipinski definition) is 3. The minimum Gasteiger partial charge on any atom is -0.494 e. The van der Waals surface area contributed by atoms with Gasteiger partial charge in [-0.15, -0.1) is 0 Å². The third-order valence-corrected chi connectivity index (χ3v) is 4.64. The molecule has 1 fully saturated rings. The van der Waals surface area contributed by atoms with Gasteiger partial charge in [0, 0.05) is 30.5 Å². The predicted octanol–water partition coefficient (Wildman–Crippen LogP) is 5.12. The topological polar surface area (TPSA) is 41.6 Å². The van der Waals surface area contributed by atoms with Crippen LogP contribution in [0.4, 0.5) is 11.4 Å². The summed E-state index contributed by atoms with van der Waals surface area (Å²) in [5, 5.41) is 2.91. The van der Waals surface area contributed by atoms with Gasteiger partial charge in [-0.2, -0.15) is 0 Å². The van der Waals surface area contributed by atoms with Crippen LogP contribution in [-0.2, 0) is 4.79 Å². The van der Waals surface area contributed by atoms with Gasteiger partial charge in [-0.3, -0.25) is 4.79 Å². The zero-order valence-electron chi connectivity index (χ0n) is 16.0. The number of piperidine rings is 1. The molecule has 0 saturated carbocycles. The van der Waals surface area contributed by atoms with Crippen molar-refractivity contribution >= 4 is 23.4 Å². The van der Waals surface area contributed by atoms with Crippen molar-refractivity contribution in [1.29, 1.82) is 0 Å². The van der Waals surface area contributed by atoms with Crippen LogP contribution in [0.25, 0.3) is 6.08 Å². The van der Waals surface area contributed by atoms with Crippen molar-refractivity contribution in [2.45, 2.75) is 32.6 Å². The van der Waals surface area contributed by atoms with E-state index in [1.54, 1.807) is 12.2 Å². The Hall–Kier alpha value is -2.75. The highest BCUT2D eigenvalue weighted by Gasteiger charge is 2.10. The molecule has 1 saturated heterocycles. The maximum atomic E-state index is 12.1. The maximum Gasteiger partial charge on any atom is 0.248 e. The van der Waals surface area contributed by atoms with Gasteiger partial charge < -0.3 is 15.0 Å². The van der Waals surface area contributed by atoms with Crippen molar-refractivity contribution in [3.05, 3.63) is 60.2 Å². The molecular formula is C23H28N2O2. The smallest absolute Gasteiger partial charge is 0.248 e. The molecule has 0 radical (unpaired) electrons. The number of nitrogens with zero attached hydrogens (tertiary/aromatic N) is 1. The molecule has 3 rings (SSSR count). The molecule has 0 bridgehead atoms. The average Bonchev–Trinajstić information content (AvgIpc) is 2.73. The van der Waals surface area contributed by atoms with E-state index in [0.29, 0.717) is 6.61 Å². The summed E-state index contributed by atoms with van der Waals surface area (Å²) in [4.78, 5) is 14.6. The average molecular weight is 364 g/mol. The van der Waals surface area contributed by atoms with E-state index in [2.05, 4.69) is 29.3 Å². The summed E-state index contributed by atoms with van der Waals surface area (Å²) in [6.07, 6.45) is 8.19. The molecule has 1 N–H and O–H groups in total. The largest absolute Gasteiger partial charge is 0.494 e. The van der Waals surface area contributed by atoms with Gasteiger partial charge in [0.15, 0.2) is 0 Å². The number of anilines is 2. The molecule has 0 aliphatic carbocycles. The van der Waals surface area contributed by atoms with Crippen LogP contribution in [0.2, 0.25) is 0 Å².